The fourth-order valence-corrected chi connectivity index (χ4v) is 3.43. The summed E-state index contributed by atoms with van der Waals surface area (Å²) in [7, 11) is 0. The summed E-state index contributed by atoms with van der Waals surface area (Å²) in [4.78, 5) is 19.0. The smallest absolute Gasteiger partial charge is 0.317 e. The lowest BCUT2D eigenvalue weighted by atomic mass is 9.94. The highest BCUT2D eigenvalue weighted by Crippen LogP contribution is 2.23. The van der Waals surface area contributed by atoms with Gasteiger partial charge in [0.15, 0.2) is 0 Å². The van der Waals surface area contributed by atoms with Crippen LogP contribution >= 0.6 is 0 Å². The van der Waals surface area contributed by atoms with Crippen LogP contribution in [0.5, 0.6) is 0 Å². The van der Waals surface area contributed by atoms with Gasteiger partial charge in [-0.15, -0.1) is 0 Å². The van der Waals surface area contributed by atoms with Crippen LogP contribution in [0.15, 0.2) is 6.20 Å². The van der Waals surface area contributed by atoms with Crippen molar-refractivity contribution < 1.29 is 4.79 Å². The van der Waals surface area contributed by atoms with Gasteiger partial charge < -0.3 is 14.8 Å². The molecule has 2 amide bonds. The molecule has 130 valence electrons. The molecule has 2 rings (SSSR count). The summed E-state index contributed by atoms with van der Waals surface area (Å²) < 4.78 is 2.31. The molecular formula is C18H32N4O. The van der Waals surface area contributed by atoms with E-state index in [-0.39, 0.29) is 11.6 Å². The van der Waals surface area contributed by atoms with Crippen LogP contribution in [0.3, 0.4) is 0 Å². The minimum Gasteiger partial charge on any atom is -0.333 e. The Morgan fingerprint density at radius 2 is 2.13 bits per heavy atom. The summed E-state index contributed by atoms with van der Waals surface area (Å²) in [5.74, 6) is 1.65. The van der Waals surface area contributed by atoms with Crippen molar-refractivity contribution in [3.8, 4) is 0 Å². The number of nitrogens with zero attached hydrogens (tertiary/aromatic N) is 3. The first-order valence-corrected chi connectivity index (χ1v) is 8.77. The number of likely N-dealkylation sites (tertiary alicyclic amines) is 1. The monoisotopic (exact) mass is 320 g/mol. The van der Waals surface area contributed by atoms with E-state index in [4.69, 9.17) is 0 Å². The van der Waals surface area contributed by atoms with Crippen molar-refractivity contribution in [2.24, 2.45) is 5.92 Å². The molecule has 0 bridgehead atoms. The lowest BCUT2D eigenvalue weighted by molar-refractivity contribution is 0.157. The molecule has 1 aliphatic heterocycles. The van der Waals surface area contributed by atoms with Crippen molar-refractivity contribution in [1.29, 1.82) is 0 Å². The number of imidazole rings is 1. The highest BCUT2D eigenvalue weighted by atomic mass is 16.2. The van der Waals surface area contributed by atoms with Gasteiger partial charge in [0.1, 0.15) is 5.82 Å². The van der Waals surface area contributed by atoms with E-state index in [1.807, 2.05) is 31.9 Å². The minimum absolute atomic E-state index is 0.0607. The number of piperidine rings is 1. The predicted octanol–water partition coefficient (Wildman–Crippen LogP) is 3.54. The highest BCUT2D eigenvalue weighted by molar-refractivity contribution is 5.75. The topological polar surface area (TPSA) is 50.2 Å². The SMILES string of the molecule is Cc1cnc(CC2CCCN(C(=O)NC(C)(C)C)C2)n1C(C)C. The summed E-state index contributed by atoms with van der Waals surface area (Å²) >= 11 is 0. The van der Waals surface area contributed by atoms with Gasteiger partial charge in [-0.25, -0.2) is 9.78 Å². The Morgan fingerprint density at radius 1 is 1.43 bits per heavy atom. The number of hydrogen-bond donors (Lipinski definition) is 1. The van der Waals surface area contributed by atoms with Crippen molar-refractivity contribution in [3.05, 3.63) is 17.7 Å². The summed E-state index contributed by atoms with van der Waals surface area (Å²) in [6.07, 6.45) is 5.15. The Bertz CT molecular complexity index is 542. The first kappa shape index (κ1) is 17.8. The fraction of sp³-hybridized carbons (Fsp3) is 0.778. The van der Waals surface area contributed by atoms with Gasteiger partial charge in [0.25, 0.3) is 0 Å². The van der Waals surface area contributed by atoms with Crippen molar-refractivity contribution in [2.45, 2.75) is 72.4 Å². The highest BCUT2D eigenvalue weighted by Gasteiger charge is 2.27. The number of carbonyl (C=O) groups is 1. The largest absolute Gasteiger partial charge is 0.333 e. The van der Waals surface area contributed by atoms with Gasteiger partial charge in [0, 0.05) is 43.0 Å². The average Bonchev–Trinajstić information content (AvgIpc) is 2.78. The Morgan fingerprint density at radius 3 is 2.74 bits per heavy atom. The molecule has 1 atom stereocenters. The Labute approximate surface area is 140 Å². The second kappa shape index (κ2) is 6.93. The molecule has 5 nitrogen and oxygen atoms in total. The number of carbonyl (C=O) groups excluding carboxylic acids is 1. The number of nitrogens with one attached hydrogen (secondary N) is 1. The zero-order valence-electron chi connectivity index (χ0n) is 15.5. The van der Waals surface area contributed by atoms with Crippen molar-refractivity contribution in [1.82, 2.24) is 19.8 Å². The molecule has 0 aromatic carbocycles. The van der Waals surface area contributed by atoms with Crippen LogP contribution in [-0.4, -0.2) is 39.1 Å². The second-order valence-electron chi connectivity index (χ2n) is 8.12. The zero-order chi connectivity index (χ0) is 17.2. The molecule has 0 spiro atoms. The number of hydrogen-bond acceptors (Lipinski definition) is 2. The maximum absolute atomic E-state index is 12.4. The van der Waals surface area contributed by atoms with E-state index in [9.17, 15) is 4.79 Å². The van der Waals surface area contributed by atoms with Crippen LogP contribution in [-0.2, 0) is 6.42 Å². The molecule has 0 radical (unpaired) electrons. The van der Waals surface area contributed by atoms with Gasteiger partial charge in [0.2, 0.25) is 0 Å². The normalized spacial score (nSPS) is 19.3. The van der Waals surface area contributed by atoms with Gasteiger partial charge in [-0.05, 0) is 60.3 Å². The zero-order valence-corrected chi connectivity index (χ0v) is 15.5. The van der Waals surface area contributed by atoms with Crippen molar-refractivity contribution in [3.63, 3.8) is 0 Å². The molecule has 2 heterocycles. The van der Waals surface area contributed by atoms with Gasteiger partial charge >= 0.3 is 6.03 Å². The van der Waals surface area contributed by atoms with E-state index in [1.54, 1.807) is 0 Å². The molecule has 1 N–H and O–H groups in total. The number of amides is 2. The minimum atomic E-state index is -0.185. The third kappa shape index (κ3) is 4.72. The maximum atomic E-state index is 12.4. The van der Waals surface area contributed by atoms with Crippen LogP contribution in [0.2, 0.25) is 0 Å². The number of urea groups is 1. The van der Waals surface area contributed by atoms with Gasteiger partial charge in [-0.3, -0.25) is 0 Å². The lowest BCUT2D eigenvalue weighted by Crippen LogP contribution is -2.51. The van der Waals surface area contributed by atoms with Gasteiger partial charge in [0.05, 0.1) is 0 Å². The Kier molecular flexibility index (Phi) is 5.37. The third-order valence-corrected chi connectivity index (χ3v) is 4.33. The molecule has 1 aliphatic rings. The van der Waals surface area contributed by atoms with Gasteiger partial charge in [-0.2, -0.15) is 0 Å². The molecule has 1 saturated heterocycles. The van der Waals surface area contributed by atoms with Crippen LogP contribution in [0.1, 0.15) is 65.0 Å². The van der Waals surface area contributed by atoms with E-state index < -0.39 is 0 Å². The molecule has 1 unspecified atom stereocenters. The molecule has 1 aromatic heterocycles. The third-order valence-electron chi connectivity index (χ3n) is 4.33. The van der Waals surface area contributed by atoms with Crippen LogP contribution in [0.4, 0.5) is 4.79 Å². The first-order valence-electron chi connectivity index (χ1n) is 8.77. The molecule has 1 aromatic rings. The average molecular weight is 320 g/mol. The van der Waals surface area contributed by atoms with Crippen molar-refractivity contribution in [2.75, 3.05) is 13.1 Å². The van der Waals surface area contributed by atoms with E-state index in [2.05, 4.69) is 35.6 Å². The maximum Gasteiger partial charge on any atom is 0.317 e. The summed E-state index contributed by atoms with van der Waals surface area (Å²) in [6.45, 7) is 14.3. The van der Waals surface area contributed by atoms with E-state index >= 15 is 0 Å². The lowest BCUT2D eigenvalue weighted by Gasteiger charge is -2.35. The van der Waals surface area contributed by atoms with E-state index in [0.29, 0.717) is 12.0 Å². The number of aromatic nitrogens is 2. The Hall–Kier alpha value is -1.52. The molecule has 5 heteroatoms. The van der Waals surface area contributed by atoms with Crippen LogP contribution in [0.25, 0.3) is 0 Å². The summed E-state index contributed by atoms with van der Waals surface area (Å²) in [6, 6.07) is 0.488. The standard InChI is InChI=1S/C18H32N4O/c1-13(2)22-14(3)11-19-16(22)10-15-8-7-9-21(12-15)17(23)20-18(4,5)6/h11,13,15H,7-10,12H2,1-6H3,(H,20,23). The molecule has 23 heavy (non-hydrogen) atoms. The fourth-order valence-electron chi connectivity index (χ4n) is 3.43. The van der Waals surface area contributed by atoms with E-state index in [0.717, 1.165) is 31.8 Å². The predicted molar refractivity (Wildman–Crippen MR) is 93.6 cm³/mol. The molecule has 0 saturated carbocycles. The first-order chi connectivity index (χ1) is 10.7. The molecule has 0 aliphatic carbocycles. The van der Waals surface area contributed by atoms with Crippen LogP contribution < -0.4 is 5.32 Å². The number of rotatable bonds is 3. The number of aryl methyl sites for hydroxylation is 1. The Balaban J connectivity index is 2.01. The van der Waals surface area contributed by atoms with Gasteiger partial charge in [-0.1, -0.05) is 0 Å². The van der Waals surface area contributed by atoms with Crippen LogP contribution in [0, 0.1) is 12.8 Å². The quantitative estimate of drug-likeness (QED) is 0.926. The molecular weight excluding hydrogens is 288 g/mol. The summed E-state index contributed by atoms with van der Waals surface area (Å²) in [5, 5.41) is 3.07. The molecule has 1 fully saturated rings. The second-order valence-corrected chi connectivity index (χ2v) is 8.12. The van der Waals surface area contributed by atoms with E-state index in [1.165, 1.54) is 12.1 Å². The van der Waals surface area contributed by atoms with Crippen molar-refractivity contribution >= 4 is 6.03 Å². The summed E-state index contributed by atoms with van der Waals surface area (Å²) in [5.41, 5.74) is 1.03.